The summed E-state index contributed by atoms with van der Waals surface area (Å²) in [5.74, 6) is 0.231. The van der Waals surface area contributed by atoms with Crippen LogP contribution >= 0.6 is 0 Å². The first-order valence-electron chi connectivity index (χ1n) is 8.70. The third-order valence-electron chi connectivity index (χ3n) is 5.16. The summed E-state index contributed by atoms with van der Waals surface area (Å²) in [6.07, 6.45) is 2.87. The van der Waals surface area contributed by atoms with Crippen LogP contribution in [-0.4, -0.2) is 10.7 Å². The zero-order chi connectivity index (χ0) is 16.3. The van der Waals surface area contributed by atoms with Crippen molar-refractivity contribution in [1.82, 2.24) is 5.32 Å². The summed E-state index contributed by atoms with van der Waals surface area (Å²) in [6, 6.07) is 21.4. The highest BCUT2D eigenvalue weighted by Gasteiger charge is 2.44. The summed E-state index contributed by atoms with van der Waals surface area (Å²) in [5.41, 5.74) is 1.86. The molecule has 0 spiro atoms. The standard InChI is InChI=1S/C21H27NO/c1-3-10-18-20(17-13-8-5-9-14-17)22-19(15-21(18,2)23)16-11-6-4-7-12-16/h4-9,11-14,18-20,22-23H,3,10,15H2,1-2H3/t18-,19+,20-,21-/m1/s1. The van der Waals surface area contributed by atoms with E-state index in [-0.39, 0.29) is 18.0 Å². The molecule has 1 fully saturated rings. The van der Waals surface area contributed by atoms with Crippen molar-refractivity contribution in [2.24, 2.45) is 5.92 Å². The molecule has 2 heteroatoms. The zero-order valence-corrected chi connectivity index (χ0v) is 14.1. The average Bonchev–Trinajstić information content (AvgIpc) is 2.58. The molecule has 122 valence electrons. The van der Waals surface area contributed by atoms with E-state index < -0.39 is 5.60 Å². The highest BCUT2D eigenvalue weighted by molar-refractivity contribution is 5.26. The van der Waals surface area contributed by atoms with E-state index in [1.54, 1.807) is 0 Å². The maximum Gasteiger partial charge on any atom is 0.0684 e. The van der Waals surface area contributed by atoms with Gasteiger partial charge in [-0.05, 0) is 30.9 Å². The Morgan fingerprint density at radius 2 is 1.57 bits per heavy atom. The van der Waals surface area contributed by atoms with Gasteiger partial charge in [-0.15, -0.1) is 0 Å². The van der Waals surface area contributed by atoms with Crippen molar-refractivity contribution in [2.45, 2.75) is 50.8 Å². The molecule has 0 radical (unpaired) electrons. The van der Waals surface area contributed by atoms with Crippen LogP contribution in [0, 0.1) is 5.92 Å². The fraction of sp³-hybridized carbons (Fsp3) is 0.429. The molecule has 2 nitrogen and oxygen atoms in total. The van der Waals surface area contributed by atoms with Crippen LogP contribution in [0.1, 0.15) is 56.3 Å². The Labute approximate surface area is 139 Å². The van der Waals surface area contributed by atoms with Crippen LogP contribution in [0.5, 0.6) is 0 Å². The summed E-state index contributed by atoms with van der Waals surface area (Å²) in [6.45, 7) is 4.21. The minimum Gasteiger partial charge on any atom is -0.390 e. The lowest BCUT2D eigenvalue weighted by Crippen LogP contribution is -2.51. The first-order chi connectivity index (χ1) is 11.1. The molecular formula is C21H27NO. The minimum atomic E-state index is -0.664. The number of aliphatic hydroxyl groups is 1. The minimum absolute atomic E-state index is 0.185. The molecule has 2 aromatic carbocycles. The van der Waals surface area contributed by atoms with Gasteiger partial charge >= 0.3 is 0 Å². The summed E-state index contributed by atoms with van der Waals surface area (Å²) in [4.78, 5) is 0. The second-order valence-corrected chi connectivity index (χ2v) is 6.97. The molecule has 0 saturated carbocycles. The Hall–Kier alpha value is -1.64. The van der Waals surface area contributed by atoms with Crippen LogP contribution in [0.15, 0.2) is 60.7 Å². The Kier molecular flexibility index (Phi) is 4.84. The van der Waals surface area contributed by atoms with Gasteiger partial charge in [0.25, 0.3) is 0 Å². The van der Waals surface area contributed by atoms with E-state index in [4.69, 9.17) is 0 Å². The van der Waals surface area contributed by atoms with Gasteiger partial charge in [-0.1, -0.05) is 74.0 Å². The summed E-state index contributed by atoms with van der Waals surface area (Å²) >= 11 is 0. The SMILES string of the molecule is CCC[C@@H]1[C@@H](c2ccccc2)N[C@H](c2ccccc2)C[C@@]1(C)O. The van der Waals surface area contributed by atoms with E-state index in [0.717, 1.165) is 19.3 Å². The van der Waals surface area contributed by atoms with E-state index in [0.29, 0.717) is 0 Å². The van der Waals surface area contributed by atoms with Crippen LogP contribution in [-0.2, 0) is 0 Å². The molecule has 1 heterocycles. The van der Waals surface area contributed by atoms with Gasteiger partial charge in [0, 0.05) is 18.0 Å². The maximum atomic E-state index is 11.2. The van der Waals surface area contributed by atoms with Gasteiger partial charge in [0.1, 0.15) is 0 Å². The van der Waals surface area contributed by atoms with E-state index in [9.17, 15) is 5.11 Å². The number of hydrogen-bond donors (Lipinski definition) is 2. The number of rotatable bonds is 4. The third kappa shape index (κ3) is 3.49. The molecule has 4 atom stereocenters. The fourth-order valence-electron chi connectivity index (χ4n) is 3.99. The van der Waals surface area contributed by atoms with Crippen LogP contribution in [0.2, 0.25) is 0 Å². The lowest BCUT2D eigenvalue weighted by atomic mass is 9.70. The normalized spacial score (nSPS) is 31.0. The van der Waals surface area contributed by atoms with Crippen molar-refractivity contribution < 1.29 is 5.11 Å². The van der Waals surface area contributed by atoms with Crippen molar-refractivity contribution >= 4 is 0 Å². The molecule has 0 aliphatic carbocycles. The Bertz CT molecular complexity index is 608. The van der Waals surface area contributed by atoms with Gasteiger partial charge in [0.15, 0.2) is 0 Å². The smallest absolute Gasteiger partial charge is 0.0684 e. The largest absolute Gasteiger partial charge is 0.390 e. The van der Waals surface area contributed by atoms with Gasteiger partial charge in [0.2, 0.25) is 0 Å². The molecule has 0 aromatic heterocycles. The molecule has 0 amide bonds. The van der Waals surface area contributed by atoms with Gasteiger partial charge in [-0.3, -0.25) is 0 Å². The molecule has 23 heavy (non-hydrogen) atoms. The Morgan fingerprint density at radius 3 is 2.13 bits per heavy atom. The molecule has 2 aromatic rings. The molecule has 0 unspecified atom stereocenters. The predicted molar refractivity (Wildman–Crippen MR) is 95.1 cm³/mol. The molecule has 2 N–H and O–H groups in total. The van der Waals surface area contributed by atoms with E-state index in [2.05, 4.69) is 60.8 Å². The monoisotopic (exact) mass is 309 g/mol. The third-order valence-corrected chi connectivity index (χ3v) is 5.16. The summed E-state index contributed by atoms with van der Waals surface area (Å²) < 4.78 is 0. The first-order valence-corrected chi connectivity index (χ1v) is 8.70. The van der Waals surface area contributed by atoms with Gasteiger partial charge in [-0.2, -0.15) is 0 Å². The van der Waals surface area contributed by atoms with Crippen LogP contribution in [0.4, 0.5) is 0 Å². The van der Waals surface area contributed by atoms with Crippen molar-refractivity contribution in [1.29, 1.82) is 0 Å². The van der Waals surface area contributed by atoms with Crippen LogP contribution in [0.3, 0.4) is 0 Å². The zero-order valence-electron chi connectivity index (χ0n) is 14.1. The highest BCUT2D eigenvalue weighted by Crippen LogP contribution is 2.44. The molecular weight excluding hydrogens is 282 g/mol. The van der Waals surface area contributed by atoms with Crippen LogP contribution < -0.4 is 5.32 Å². The summed E-state index contributed by atoms with van der Waals surface area (Å²) in [5, 5.41) is 15.0. The number of benzene rings is 2. The molecule has 1 aliphatic rings. The fourth-order valence-corrected chi connectivity index (χ4v) is 3.99. The first kappa shape index (κ1) is 16.2. The van der Waals surface area contributed by atoms with Crippen molar-refractivity contribution in [2.75, 3.05) is 0 Å². The van der Waals surface area contributed by atoms with E-state index >= 15 is 0 Å². The van der Waals surface area contributed by atoms with E-state index in [1.807, 2.05) is 19.1 Å². The van der Waals surface area contributed by atoms with Crippen molar-refractivity contribution in [3.05, 3.63) is 71.8 Å². The van der Waals surface area contributed by atoms with Crippen LogP contribution in [0.25, 0.3) is 0 Å². The second kappa shape index (κ2) is 6.86. The maximum absolute atomic E-state index is 11.2. The van der Waals surface area contributed by atoms with Gasteiger partial charge in [0.05, 0.1) is 5.60 Å². The number of hydrogen-bond acceptors (Lipinski definition) is 2. The topological polar surface area (TPSA) is 32.3 Å². The van der Waals surface area contributed by atoms with Gasteiger partial charge < -0.3 is 10.4 Å². The second-order valence-electron chi connectivity index (χ2n) is 6.97. The molecule has 1 aliphatic heterocycles. The lowest BCUT2D eigenvalue weighted by Gasteiger charge is -2.47. The predicted octanol–water partition coefficient (Wildman–Crippen LogP) is 4.63. The Balaban J connectivity index is 1.95. The molecule has 0 bridgehead atoms. The van der Waals surface area contributed by atoms with Gasteiger partial charge in [-0.25, -0.2) is 0 Å². The van der Waals surface area contributed by atoms with Crippen molar-refractivity contribution in [3.8, 4) is 0 Å². The van der Waals surface area contributed by atoms with Crippen molar-refractivity contribution in [3.63, 3.8) is 0 Å². The Morgan fingerprint density at radius 1 is 1.00 bits per heavy atom. The highest BCUT2D eigenvalue weighted by atomic mass is 16.3. The van der Waals surface area contributed by atoms with E-state index in [1.165, 1.54) is 11.1 Å². The quantitative estimate of drug-likeness (QED) is 0.863. The molecule has 1 saturated heterocycles. The molecule has 3 rings (SSSR count). The average molecular weight is 309 g/mol. The lowest BCUT2D eigenvalue weighted by molar-refractivity contribution is -0.0636. The number of nitrogens with one attached hydrogen (secondary N) is 1. The number of piperidine rings is 1. The summed E-state index contributed by atoms with van der Waals surface area (Å²) in [7, 11) is 0.